The van der Waals surface area contributed by atoms with E-state index in [1.807, 2.05) is 0 Å². The van der Waals surface area contributed by atoms with Gasteiger partial charge in [0.05, 0.1) is 39.7 Å². The van der Waals surface area contributed by atoms with Gasteiger partial charge < -0.3 is 4.48 Å². The summed E-state index contributed by atoms with van der Waals surface area (Å²) in [6.45, 7) is 4.48. The van der Waals surface area contributed by atoms with E-state index in [-0.39, 0.29) is 0 Å². The van der Waals surface area contributed by atoms with Crippen molar-refractivity contribution in [3.8, 4) is 6.07 Å². The highest BCUT2D eigenvalue weighted by Crippen LogP contribution is 2.10. The van der Waals surface area contributed by atoms with E-state index in [2.05, 4.69) is 27.1 Å². The van der Waals surface area contributed by atoms with Crippen molar-refractivity contribution in [1.29, 1.82) is 5.26 Å². The fourth-order valence-electron chi connectivity index (χ4n) is 2.14. The molecule has 2 nitrogen and oxygen atoms in total. The Hall–Kier alpha value is -0.550. The Morgan fingerprint density at radius 1 is 0.824 bits per heavy atom. The van der Waals surface area contributed by atoms with Crippen LogP contribution in [-0.2, 0) is 0 Å². The lowest BCUT2D eigenvalue weighted by molar-refractivity contribution is -0.890. The minimum atomic E-state index is 0.685. The Labute approximate surface area is 108 Å². The SMILES string of the molecule is CCCCCCCCCC[N+](C)(C)CCC#N. The molecule has 100 valence electrons. The quantitative estimate of drug-likeness (QED) is 0.393. The summed E-state index contributed by atoms with van der Waals surface area (Å²) in [5, 5.41) is 8.58. The summed E-state index contributed by atoms with van der Waals surface area (Å²) in [5.41, 5.74) is 0. The van der Waals surface area contributed by atoms with Gasteiger partial charge in [0.25, 0.3) is 0 Å². The van der Waals surface area contributed by atoms with Crippen molar-refractivity contribution in [1.82, 2.24) is 0 Å². The molecule has 0 radical (unpaired) electrons. The van der Waals surface area contributed by atoms with E-state index in [4.69, 9.17) is 5.26 Å². The van der Waals surface area contributed by atoms with Gasteiger partial charge in [-0.05, 0) is 12.8 Å². The van der Waals surface area contributed by atoms with E-state index in [0.29, 0.717) is 6.42 Å². The van der Waals surface area contributed by atoms with Crippen LogP contribution < -0.4 is 0 Å². The second kappa shape index (κ2) is 10.6. The fourth-order valence-corrected chi connectivity index (χ4v) is 2.14. The predicted octanol–water partition coefficient (Wildman–Crippen LogP) is 4.12. The molecule has 0 unspecified atom stereocenters. The van der Waals surface area contributed by atoms with Crippen molar-refractivity contribution < 1.29 is 4.48 Å². The highest BCUT2D eigenvalue weighted by Gasteiger charge is 2.13. The lowest BCUT2D eigenvalue weighted by Gasteiger charge is -2.28. The van der Waals surface area contributed by atoms with Gasteiger partial charge in [0.2, 0.25) is 0 Å². The summed E-state index contributed by atoms with van der Waals surface area (Å²) in [7, 11) is 4.47. The average molecular weight is 239 g/mol. The van der Waals surface area contributed by atoms with Crippen LogP contribution in [0.2, 0.25) is 0 Å². The minimum absolute atomic E-state index is 0.685. The maximum absolute atomic E-state index is 8.58. The first-order valence-electron chi connectivity index (χ1n) is 7.31. The molecule has 0 amide bonds. The topological polar surface area (TPSA) is 23.8 Å². The first-order chi connectivity index (χ1) is 8.12. The summed E-state index contributed by atoms with van der Waals surface area (Å²) in [4.78, 5) is 0. The van der Waals surface area contributed by atoms with Crippen LogP contribution in [0.3, 0.4) is 0 Å². The molecule has 0 aromatic heterocycles. The van der Waals surface area contributed by atoms with Gasteiger partial charge in [-0.15, -0.1) is 0 Å². The number of hydrogen-bond acceptors (Lipinski definition) is 1. The van der Waals surface area contributed by atoms with Gasteiger partial charge >= 0.3 is 0 Å². The standard InChI is InChI=1S/C15H31N2/c1-4-5-6-7-8-9-10-11-14-17(2,3)15-12-13-16/h4-12,14-15H2,1-3H3/q+1. The van der Waals surface area contributed by atoms with Gasteiger partial charge in [-0.1, -0.05) is 45.4 Å². The molecule has 0 aliphatic heterocycles. The first kappa shape index (κ1) is 16.4. The Balaban J connectivity index is 3.29. The van der Waals surface area contributed by atoms with Crippen LogP contribution in [0.25, 0.3) is 0 Å². The van der Waals surface area contributed by atoms with Gasteiger partial charge in [0.1, 0.15) is 0 Å². The number of unbranched alkanes of at least 4 members (excludes halogenated alkanes) is 7. The van der Waals surface area contributed by atoms with Gasteiger partial charge in [0, 0.05) is 0 Å². The highest BCUT2D eigenvalue weighted by molar-refractivity contribution is 4.67. The molecule has 0 heterocycles. The Morgan fingerprint density at radius 3 is 1.88 bits per heavy atom. The molecule has 0 saturated carbocycles. The van der Waals surface area contributed by atoms with Crippen LogP contribution >= 0.6 is 0 Å². The van der Waals surface area contributed by atoms with E-state index in [1.54, 1.807) is 0 Å². The van der Waals surface area contributed by atoms with Crippen LogP contribution in [0.1, 0.15) is 64.7 Å². The van der Waals surface area contributed by atoms with Gasteiger partial charge in [-0.2, -0.15) is 5.26 Å². The Kier molecular flexibility index (Phi) is 10.3. The zero-order valence-electron chi connectivity index (χ0n) is 12.2. The molecule has 0 N–H and O–H groups in total. The molecule has 0 aromatic rings. The second-order valence-corrected chi connectivity index (χ2v) is 5.77. The van der Waals surface area contributed by atoms with E-state index >= 15 is 0 Å². The van der Waals surface area contributed by atoms with Gasteiger partial charge in [0.15, 0.2) is 0 Å². The van der Waals surface area contributed by atoms with Crippen molar-refractivity contribution in [3.63, 3.8) is 0 Å². The molecule has 0 spiro atoms. The van der Waals surface area contributed by atoms with E-state index < -0.39 is 0 Å². The second-order valence-electron chi connectivity index (χ2n) is 5.77. The molecule has 0 aromatic carbocycles. The Bertz CT molecular complexity index is 203. The van der Waals surface area contributed by atoms with Crippen molar-refractivity contribution in [2.75, 3.05) is 27.2 Å². The smallest absolute Gasteiger partial charge is 0.0914 e. The monoisotopic (exact) mass is 239 g/mol. The number of rotatable bonds is 11. The van der Waals surface area contributed by atoms with E-state index in [0.717, 1.165) is 11.0 Å². The molecule has 0 aliphatic rings. The molecular formula is C15H31N2+. The maximum Gasteiger partial charge on any atom is 0.0914 e. The Morgan fingerprint density at radius 2 is 1.35 bits per heavy atom. The predicted molar refractivity (Wildman–Crippen MR) is 74.7 cm³/mol. The van der Waals surface area contributed by atoms with Crippen LogP contribution in [0.4, 0.5) is 0 Å². The van der Waals surface area contributed by atoms with Gasteiger partial charge in [-0.3, -0.25) is 0 Å². The van der Waals surface area contributed by atoms with Crippen molar-refractivity contribution in [2.24, 2.45) is 0 Å². The zero-order chi connectivity index (χ0) is 13.0. The lowest BCUT2D eigenvalue weighted by Crippen LogP contribution is -2.41. The summed E-state index contributed by atoms with van der Waals surface area (Å²) in [5.74, 6) is 0. The summed E-state index contributed by atoms with van der Waals surface area (Å²) < 4.78 is 1.00. The van der Waals surface area contributed by atoms with Gasteiger partial charge in [-0.25, -0.2) is 0 Å². The third-order valence-corrected chi connectivity index (χ3v) is 3.45. The third-order valence-electron chi connectivity index (χ3n) is 3.45. The lowest BCUT2D eigenvalue weighted by atomic mass is 10.1. The molecule has 17 heavy (non-hydrogen) atoms. The minimum Gasteiger partial charge on any atom is -0.328 e. The summed E-state index contributed by atoms with van der Waals surface area (Å²) in [6, 6.07) is 2.24. The molecule has 0 bridgehead atoms. The van der Waals surface area contributed by atoms with E-state index in [9.17, 15) is 0 Å². The first-order valence-corrected chi connectivity index (χ1v) is 7.31. The van der Waals surface area contributed by atoms with Crippen LogP contribution in [-0.4, -0.2) is 31.7 Å². The summed E-state index contributed by atoms with van der Waals surface area (Å²) >= 11 is 0. The van der Waals surface area contributed by atoms with Crippen molar-refractivity contribution >= 4 is 0 Å². The van der Waals surface area contributed by atoms with Crippen LogP contribution in [0.5, 0.6) is 0 Å². The highest BCUT2D eigenvalue weighted by atomic mass is 15.3. The zero-order valence-corrected chi connectivity index (χ0v) is 12.2. The normalized spacial score (nSPS) is 11.4. The largest absolute Gasteiger partial charge is 0.328 e. The maximum atomic E-state index is 8.58. The van der Waals surface area contributed by atoms with Crippen molar-refractivity contribution in [3.05, 3.63) is 0 Å². The number of nitriles is 1. The number of nitrogens with zero attached hydrogens (tertiary/aromatic N) is 2. The molecule has 0 saturated heterocycles. The number of hydrogen-bond donors (Lipinski definition) is 0. The fraction of sp³-hybridized carbons (Fsp3) is 0.933. The molecule has 0 fully saturated rings. The molecule has 0 atom stereocenters. The number of quaternary nitrogens is 1. The van der Waals surface area contributed by atoms with Crippen LogP contribution in [0.15, 0.2) is 0 Å². The molecule has 2 heteroatoms. The molecule has 0 aliphatic carbocycles. The summed E-state index contributed by atoms with van der Waals surface area (Å²) in [6.07, 6.45) is 11.7. The van der Waals surface area contributed by atoms with E-state index in [1.165, 1.54) is 57.9 Å². The van der Waals surface area contributed by atoms with Crippen LogP contribution in [0, 0.1) is 11.3 Å². The third kappa shape index (κ3) is 11.7. The molecule has 0 rings (SSSR count). The average Bonchev–Trinajstić information content (AvgIpc) is 2.30. The molecular weight excluding hydrogens is 208 g/mol. The van der Waals surface area contributed by atoms with Crippen molar-refractivity contribution in [2.45, 2.75) is 64.7 Å².